The van der Waals surface area contributed by atoms with Crippen LogP contribution in [-0.2, 0) is 6.42 Å². The van der Waals surface area contributed by atoms with Crippen molar-refractivity contribution in [3.63, 3.8) is 0 Å². The van der Waals surface area contributed by atoms with Gasteiger partial charge in [-0.3, -0.25) is 0 Å². The molecule has 3 rings (SSSR count). The molecule has 0 unspecified atom stereocenters. The van der Waals surface area contributed by atoms with Gasteiger partial charge in [-0.05, 0) is 36.6 Å². The quantitative estimate of drug-likeness (QED) is 0.602. The number of anilines is 3. The zero-order chi connectivity index (χ0) is 17.3. The SMILES string of the molecule is COc1ccccc1Nc1nccc(NCCCc2ccccc2)n1. The Morgan fingerprint density at radius 1 is 0.960 bits per heavy atom. The van der Waals surface area contributed by atoms with E-state index >= 15 is 0 Å². The van der Waals surface area contributed by atoms with Crippen molar-refractivity contribution >= 4 is 17.5 Å². The zero-order valence-corrected chi connectivity index (χ0v) is 14.3. The number of aromatic nitrogens is 2. The molecule has 0 aliphatic carbocycles. The molecule has 0 saturated heterocycles. The molecule has 128 valence electrons. The second-order valence-electron chi connectivity index (χ2n) is 5.61. The van der Waals surface area contributed by atoms with E-state index in [0.29, 0.717) is 5.95 Å². The van der Waals surface area contributed by atoms with Gasteiger partial charge in [-0.2, -0.15) is 4.98 Å². The van der Waals surface area contributed by atoms with Gasteiger partial charge in [0.15, 0.2) is 0 Å². The summed E-state index contributed by atoms with van der Waals surface area (Å²) < 4.78 is 5.34. The Kier molecular flexibility index (Phi) is 5.82. The average molecular weight is 334 g/mol. The van der Waals surface area contributed by atoms with Crippen LogP contribution in [0.2, 0.25) is 0 Å². The van der Waals surface area contributed by atoms with Gasteiger partial charge in [0.25, 0.3) is 0 Å². The fourth-order valence-corrected chi connectivity index (χ4v) is 2.54. The monoisotopic (exact) mass is 334 g/mol. The summed E-state index contributed by atoms with van der Waals surface area (Å²) in [5.74, 6) is 2.10. The lowest BCUT2D eigenvalue weighted by molar-refractivity contribution is 0.417. The minimum absolute atomic E-state index is 0.539. The number of benzene rings is 2. The van der Waals surface area contributed by atoms with Gasteiger partial charge in [-0.1, -0.05) is 42.5 Å². The highest BCUT2D eigenvalue weighted by atomic mass is 16.5. The molecular formula is C20H22N4O. The fourth-order valence-electron chi connectivity index (χ4n) is 2.54. The van der Waals surface area contributed by atoms with Crippen LogP contribution in [0.1, 0.15) is 12.0 Å². The Morgan fingerprint density at radius 2 is 1.76 bits per heavy atom. The molecule has 5 heteroatoms. The van der Waals surface area contributed by atoms with E-state index in [1.54, 1.807) is 13.3 Å². The largest absolute Gasteiger partial charge is 0.495 e. The standard InChI is InChI=1S/C20H22N4O/c1-25-18-12-6-5-11-17(18)23-20-22-15-13-19(24-20)21-14-7-10-16-8-3-2-4-9-16/h2-6,8-9,11-13,15H,7,10,14H2,1H3,(H2,21,22,23,24). The Bertz CT molecular complexity index is 792. The maximum atomic E-state index is 5.34. The van der Waals surface area contributed by atoms with Crippen LogP contribution in [0.5, 0.6) is 5.75 Å². The Hall–Kier alpha value is -3.08. The van der Waals surface area contributed by atoms with Crippen molar-refractivity contribution in [1.29, 1.82) is 0 Å². The molecular weight excluding hydrogens is 312 g/mol. The van der Waals surface area contributed by atoms with E-state index in [0.717, 1.165) is 36.6 Å². The molecule has 0 saturated carbocycles. The van der Waals surface area contributed by atoms with Crippen molar-refractivity contribution in [2.24, 2.45) is 0 Å². The number of methoxy groups -OCH3 is 1. The van der Waals surface area contributed by atoms with Crippen LogP contribution in [0, 0.1) is 0 Å². The molecule has 0 fully saturated rings. The highest BCUT2D eigenvalue weighted by Gasteiger charge is 2.04. The third-order valence-corrected chi connectivity index (χ3v) is 3.80. The van der Waals surface area contributed by atoms with E-state index in [1.807, 2.05) is 36.4 Å². The summed E-state index contributed by atoms with van der Waals surface area (Å²) in [7, 11) is 1.64. The zero-order valence-electron chi connectivity index (χ0n) is 14.3. The molecule has 2 aromatic carbocycles. The van der Waals surface area contributed by atoms with E-state index in [2.05, 4.69) is 44.9 Å². The van der Waals surface area contributed by atoms with Crippen LogP contribution in [-0.4, -0.2) is 23.6 Å². The lowest BCUT2D eigenvalue weighted by Gasteiger charge is -2.11. The van der Waals surface area contributed by atoms with Gasteiger partial charge in [0.05, 0.1) is 12.8 Å². The number of rotatable bonds is 8. The number of nitrogens with zero attached hydrogens (tertiary/aromatic N) is 2. The highest BCUT2D eigenvalue weighted by Crippen LogP contribution is 2.25. The van der Waals surface area contributed by atoms with Gasteiger partial charge in [-0.15, -0.1) is 0 Å². The number of aryl methyl sites for hydroxylation is 1. The summed E-state index contributed by atoms with van der Waals surface area (Å²) in [5, 5.41) is 6.54. The van der Waals surface area contributed by atoms with Crippen LogP contribution in [0.15, 0.2) is 66.9 Å². The molecule has 0 radical (unpaired) electrons. The summed E-state index contributed by atoms with van der Waals surface area (Å²) >= 11 is 0. The Balaban J connectivity index is 1.54. The third-order valence-electron chi connectivity index (χ3n) is 3.80. The van der Waals surface area contributed by atoms with Crippen molar-refractivity contribution < 1.29 is 4.74 Å². The van der Waals surface area contributed by atoms with Gasteiger partial charge in [0.2, 0.25) is 5.95 Å². The first-order valence-electron chi connectivity index (χ1n) is 8.36. The van der Waals surface area contributed by atoms with E-state index in [1.165, 1.54) is 5.56 Å². The smallest absolute Gasteiger partial charge is 0.229 e. The first kappa shape index (κ1) is 16.8. The molecule has 0 atom stereocenters. The molecule has 5 nitrogen and oxygen atoms in total. The first-order chi connectivity index (χ1) is 12.3. The van der Waals surface area contributed by atoms with Crippen molar-refractivity contribution in [3.05, 3.63) is 72.4 Å². The van der Waals surface area contributed by atoms with Crippen LogP contribution >= 0.6 is 0 Å². The number of hydrogen-bond donors (Lipinski definition) is 2. The molecule has 2 N–H and O–H groups in total. The minimum Gasteiger partial charge on any atom is -0.495 e. The predicted molar refractivity (Wildman–Crippen MR) is 102 cm³/mol. The van der Waals surface area contributed by atoms with Crippen LogP contribution < -0.4 is 15.4 Å². The normalized spacial score (nSPS) is 10.3. The summed E-state index contributed by atoms with van der Waals surface area (Å²) in [6, 6.07) is 20.1. The van der Waals surface area contributed by atoms with E-state index in [9.17, 15) is 0 Å². The Labute approximate surface area is 148 Å². The Morgan fingerprint density at radius 3 is 2.60 bits per heavy atom. The molecule has 0 aliphatic rings. The van der Waals surface area contributed by atoms with E-state index in [-0.39, 0.29) is 0 Å². The summed E-state index contributed by atoms with van der Waals surface area (Å²) in [4.78, 5) is 8.77. The molecule has 3 aromatic rings. The summed E-state index contributed by atoms with van der Waals surface area (Å²) in [6.07, 6.45) is 3.83. The van der Waals surface area contributed by atoms with Crippen molar-refractivity contribution in [2.75, 3.05) is 24.3 Å². The highest BCUT2D eigenvalue weighted by molar-refractivity contribution is 5.62. The van der Waals surface area contributed by atoms with Gasteiger partial charge in [0.1, 0.15) is 11.6 Å². The van der Waals surface area contributed by atoms with Gasteiger partial charge in [-0.25, -0.2) is 4.98 Å². The number of ether oxygens (including phenoxy) is 1. The van der Waals surface area contributed by atoms with Crippen molar-refractivity contribution in [2.45, 2.75) is 12.8 Å². The summed E-state index contributed by atoms with van der Waals surface area (Å²) in [5.41, 5.74) is 2.19. The van der Waals surface area contributed by atoms with Crippen molar-refractivity contribution in [1.82, 2.24) is 9.97 Å². The molecule has 0 amide bonds. The van der Waals surface area contributed by atoms with Crippen LogP contribution in [0.4, 0.5) is 17.5 Å². The average Bonchev–Trinajstić information content (AvgIpc) is 2.67. The van der Waals surface area contributed by atoms with E-state index < -0.39 is 0 Å². The molecule has 0 aliphatic heterocycles. The predicted octanol–water partition coefficient (Wildman–Crippen LogP) is 4.27. The maximum Gasteiger partial charge on any atom is 0.229 e. The number of para-hydroxylation sites is 2. The molecule has 1 heterocycles. The minimum atomic E-state index is 0.539. The number of hydrogen-bond acceptors (Lipinski definition) is 5. The van der Waals surface area contributed by atoms with Crippen LogP contribution in [0.3, 0.4) is 0 Å². The first-order valence-corrected chi connectivity index (χ1v) is 8.36. The topological polar surface area (TPSA) is 59.1 Å². The van der Waals surface area contributed by atoms with E-state index in [4.69, 9.17) is 4.74 Å². The lowest BCUT2D eigenvalue weighted by atomic mass is 10.1. The molecule has 1 aromatic heterocycles. The lowest BCUT2D eigenvalue weighted by Crippen LogP contribution is -2.06. The second kappa shape index (κ2) is 8.68. The molecule has 0 bridgehead atoms. The van der Waals surface area contributed by atoms with Gasteiger partial charge < -0.3 is 15.4 Å². The van der Waals surface area contributed by atoms with Gasteiger partial charge in [0, 0.05) is 12.7 Å². The van der Waals surface area contributed by atoms with Gasteiger partial charge >= 0.3 is 0 Å². The molecule has 25 heavy (non-hydrogen) atoms. The maximum absolute atomic E-state index is 5.34. The van der Waals surface area contributed by atoms with Crippen molar-refractivity contribution in [3.8, 4) is 5.75 Å². The molecule has 0 spiro atoms. The van der Waals surface area contributed by atoms with Crippen LogP contribution in [0.25, 0.3) is 0 Å². The number of nitrogens with one attached hydrogen (secondary N) is 2. The second-order valence-corrected chi connectivity index (χ2v) is 5.61. The third kappa shape index (κ3) is 4.94. The fraction of sp³-hybridized carbons (Fsp3) is 0.200. The summed E-state index contributed by atoms with van der Waals surface area (Å²) in [6.45, 7) is 0.861.